The second kappa shape index (κ2) is 7.88. The highest BCUT2D eigenvalue weighted by Crippen LogP contribution is 2.24. The molecule has 8 heteroatoms. The number of hydrogen-bond donors (Lipinski definition) is 6. The van der Waals surface area contributed by atoms with Gasteiger partial charge in [0.2, 0.25) is 11.8 Å². The molecule has 0 aliphatic heterocycles. The largest absolute Gasteiger partial charge is 0.392 e. The molecule has 0 spiro atoms. The van der Waals surface area contributed by atoms with Gasteiger partial charge in [0.05, 0.1) is 18.6 Å². The molecule has 2 atom stereocenters. The van der Waals surface area contributed by atoms with Crippen LogP contribution in [0.5, 0.6) is 0 Å². The number of carbonyl (C=O) groups is 2. The molecule has 2 amide bonds. The highest BCUT2D eigenvalue weighted by atomic mass is 32.2. The summed E-state index contributed by atoms with van der Waals surface area (Å²) in [6.07, 6.45) is -1.58. The molecule has 0 aliphatic carbocycles. The Balaban J connectivity index is 4.19. The number of carbonyl (C=O) groups excluding carboxylic acids is 2. The van der Waals surface area contributed by atoms with Crippen LogP contribution in [0, 0.1) is 0 Å². The fraction of sp³-hybridized carbons (Fsp3) is 0.800. The second-order valence-corrected chi connectivity index (χ2v) is 6.09. The van der Waals surface area contributed by atoms with Gasteiger partial charge in [-0.3, -0.25) is 9.59 Å². The van der Waals surface area contributed by atoms with Crippen LogP contribution in [0.3, 0.4) is 0 Å². The van der Waals surface area contributed by atoms with Gasteiger partial charge in [-0.1, -0.05) is 0 Å². The van der Waals surface area contributed by atoms with Gasteiger partial charge >= 0.3 is 0 Å². The van der Waals surface area contributed by atoms with Crippen LogP contribution in [0.2, 0.25) is 0 Å². The summed E-state index contributed by atoms with van der Waals surface area (Å²) in [4.78, 5) is 23.1. The van der Waals surface area contributed by atoms with E-state index >= 15 is 0 Å². The Labute approximate surface area is 117 Å². The van der Waals surface area contributed by atoms with E-state index in [4.69, 9.17) is 10.2 Å². The monoisotopic (exact) mass is 296 g/mol. The maximum atomic E-state index is 11.6. The van der Waals surface area contributed by atoms with Gasteiger partial charge in [0, 0.05) is 13.1 Å². The number of aliphatic hydroxyl groups excluding tert-OH is 2. The molecular weight excluding hydrogens is 276 g/mol. The van der Waals surface area contributed by atoms with E-state index < -0.39 is 28.1 Å². The molecule has 2 unspecified atom stereocenters. The highest BCUT2D eigenvalue weighted by molar-refractivity contribution is 8.02. The standard InChI is InChI=1S/C10H20N2O4S2/c1-6(13)4-11-8(15)3-10(17,18)9(16)12-5-7(2)14/h6-7,13-14,17-18H,3-5H2,1-2H3,(H,11,15)(H,12,16). The van der Waals surface area contributed by atoms with Crippen molar-refractivity contribution in [1.82, 2.24) is 10.6 Å². The smallest absolute Gasteiger partial charge is 0.246 e. The molecule has 0 fully saturated rings. The fourth-order valence-electron chi connectivity index (χ4n) is 1.01. The summed E-state index contributed by atoms with van der Waals surface area (Å²) < 4.78 is -1.46. The van der Waals surface area contributed by atoms with Gasteiger partial charge in [-0.15, -0.1) is 0 Å². The molecule has 6 nitrogen and oxygen atoms in total. The average Bonchev–Trinajstić information content (AvgIpc) is 2.22. The number of nitrogens with one attached hydrogen (secondary N) is 2. The SMILES string of the molecule is CC(O)CNC(=O)CC(S)(S)C(=O)NCC(C)O. The highest BCUT2D eigenvalue weighted by Gasteiger charge is 2.32. The molecule has 4 N–H and O–H groups in total. The van der Waals surface area contributed by atoms with Crippen molar-refractivity contribution in [3.05, 3.63) is 0 Å². The fourth-order valence-corrected chi connectivity index (χ4v) is 1.46. The van der Waals surface area contributed by atoms with Crippen LogP contribution in [0.15, 0.2) is 0 Å². The molecule has 0 aromatic carbocycles. The molecule has 18 heavy (non-hydrogen) atoms. The zero-order valence-electron chi connectivity index (χ0n) is 10.4. The van der Waals surface area contributed by atoms with Gasteiger partial charge in [0.1, 0.15) is 4.08 Å². The van der Waals surface area contributed by atoms with Crippen molar-refractivity contribution < 1.29 is 19.8 Å². The van der Waals surface area contributed by atoms with E-state index in [1.165, 1.54) is 13.8 Å². The Kier molecular flexibility index (Phi) is 7.69. The zero-order valence-corrected chi connectivity index (χ0v) is 12.2. The summed E-state index contributed by atoms with van der Waals surface area (Å²) in [5.41, 5.74) is 0. The Morgan fingerprint density at radius 2 is 1.56 bits per heavy atom. The second-order valence-electron chi connectivity index (χ2n) is 4.21. The first-order valence-corrected chi connectivity index (χ1v) is 6.40. The molecule has 0 radical (unpaired) electrons. The molecule has 0 heterocycles. The average molecular weight is 296 g/mol. The lowest BCUT2D eigenvalue weighted by Gasteiger charge is -2.21. The first-order chi connectivity index (χ1) is 8.15. The van der Waals surface area contributed by atoms with Crippen LogP contribution >= 0.6 is 25.3 Å². The number of hydrogen-bond acceptors (Lipinski definition) is 6. The number of rotatable bonds is 7. The van der Waals surface area contributed by atoms with Crippen LogP contribution < -0.4 is 10.6 Å². The van der Waals surface area contributed by atoms with E-state index in [1.54, 1.807) is 0 Å². The van der Waals surface area contributed by atoms with Gasteiger partial charge in [0.15, 0.2) is 0 Å². The van der Waals surface area contributed by atoms with Crippen LogP contribution in [0.1, 0.15) is 20.3 Å². The normalized spacial score (nSPS) is 14.8. The van der Waals surface area contributed by atoms with Crippen LogP contribution in [-0.4, -0.2) is 51.4 Å². The molecule has 0 aliphatic rings. The minimum Gasteiger partial charge on any atom is -0.392 e. The summed E-state index contributed by atoms with van der Waals surface area (Å²) in [6, 6.07) is 0. The van der Waals surface area contributed by atoms with E-state index in [0.29, 0.717) is 0 Å². The van der Waals surface area contributed by atoms with E-state index in [-0.39, 0.29) is 19.5 Å². The van der Waals surface area contributed by atoms with Crippen LogP contribution in [0.4, 0.5) is 0 Å². The third-order valence-corrected chi connectivity index (χ3v) is 2.65. The zero-order chi connectivity index (χ0) is 14.3. The number of amides is 2. The molecule has 0 aromatic rings. The van der Waals surface area contributed by atoms with Crippen molar-refractivity contribution in [3.63, 3.8) is 0 Å². The van der Waals surface area contributed by atoms with Gasteiger partial charge in [-0.05, 0) is 13.8 Å². The minimum absolute atomic E-state index is 0.0665. The van der Waals surface area contributed by atoms with Gasteiger partial charge < -0.3 is 20.8 Å². The molecule has 106 valence electrons. The van der Waals surface area contributed by atoms with Crippen molar-refractivity contribution in [3.8, 4) is 0 Å². The molecule has 0 aromatic heterocycles. The Morgan fingerprint density at radius 1 is 1.11 bits per heavy atom. The third kappa shape index (κ3) is 7.80. The summed E-state index contributed by atoms with van der Waals surface area (Å²) in [7, 11) is 0. The first-order valence-electron chi connectivity index (χ1n) is 5.51. The van der Waals surface area contributed by atoms with Crippen molar-refractivity contribution in [2.24, 2.45) is 0 Å². The molecule has 0 rings (SSSR count). The molecular formula is C10H20N2O4S2. The van der Waals surface area contributed by atoms with Gasteiger partial charge in [-0.25, -0.2) is 0 Å². The van der Waals surface area contributed by atoms with E-state index in [9.17, 15) is 9.59 Å². The topological polar surface area (TPSA) is 98.7 Å². The molecule has 0 saturated heterocycles. The van der Waals surface area contributed by atoms with E-state index in [2.05, 4.69) is 35.9 Å². The Bertz CT molecular complexity index is 296. The minimum atomic E-state index is -1.46. The lowest BCUT2D eigenvalue weighted by atomic mass is 10.2. The van der Waals surface area contributed by atoms with Crippen molar-refractivity contribution in [2.45, 2.75) is 36.6 Å². The van der Waals surface area contributed by atoms with E-state index in [1.807, 2.05) is 0 Å². The lowest BCUT2D eigenvalue weighted by molar-refractivity contribution is -0.127. The van der Waals surface area contributed by atoms with Gasteiger partial charge in [-0.2, -0.15) is 25.3 Å². The summed E-state index contributed by atoms with van der Waals surface area (Å²) in [5.74, 6) is -0.990. The van der Waals surface area contributed by atoms with Crippen molar-refractivity contribution in [1.29, 1.82) is 0 Å². The van der Waals surface area contributed by atoms with Gasteiger partial charge in [0.25, 0.3) is 0 Å². The van der Waals surface area contributed by atoms with Crippen molar-refractivity contribution >= 4 is 37.1 Å². The molecule has 0 bridgehead atoms. The Morgan fingerprint density at radius 3 is 2.00 bits per heavy atom. The van der Waals surface area contributed by atoms with Crippen LogP contribution in [0.25, 0.3) is 0 Å². The Hall–Kier alpha value is -0.440. The maximum absolute atomic E-state index is 11.6. The quantitative estimate of drug-likeness (QED) is 0.266. The van der Waals surface area contributed by atoms with Crippen molar-refractivity contribution in [2.75, 3.05) is 13.1 Å². The maximum Gasteiger partial charge on any atom is 0.246 e. The van der Waals surface area contributed by atoms with E-state index in [0.717, 1.165) is 0 Å². The lowest BCUT2D eigenvalue weighted by Crippen LogP contribution is -2.45. The number of thiol groups is 2. The summed E-state index contributed by atoms with van der Waals surface area (Å²) in [6.45, 7) is 3.22. The molecule has 0 saturated carbocycles. The summed E-state index contributed by atoms with van der Waals surface area (Å²) >= 11 is 8.03. The predicted molar refractivity (Wildman–Crippen MR) is 74.7 cm³/mol. The summed E-state index contributed by atoms with van der Waals surface area (Å²) in [5, 5.41) is 22.9. The van der Waals surface area contributed by atoms with Crippen LogP contribution in [-0.2, 0) is 9.59 Å². The number of aliphatic hydroxyl groups is 2. The third-order valence-electron chi connectivity index (χ3n) is 1.92. The predicted octanol–water partition coefficient (Wildman–Crippen LogP) is -1.07. The first kappa shape index (κ1) is 17.6.